The lowest BCUT2D eigenvalue weighted by Crippen LogP contribution is -2.00. The summed E-state index contributed by atoms with van der Waals surface area (Å²) >= 11 is 0. The molecule has 0 aliphatic carbocycles. The number of ether oxygens (including phenoxy) is 1. The van der Waals surface area contributed by atoms with Gasteiger partial charge >= 0.3 is 5.69 Å². The van der Waals surface area contributed by atoms with Gasteiger partial charge in [-0.15, -0.1) is 0 Å². The Morgan fingerprint density at radius 3 is 2.67 bits per heavy atom. The Kier molecular flexibility index (Phi) is 4.18. The first-order valence-corrected chi connectivity index (χ1v) is 6.29. The minimum atomic E-state index is -0.959. The number of nitro benzene ring substituents is 1. The van der Waals surface area contributed by atoms with E-state index in [0.29, 0.717) is 5.56 Å². The molecule has 2 aromatic rings. The summed E-state index contributed by atoms with van der Waals surface area (Å²) in [5.74, 6) is -0.252. The molecule has 0 fully saturated rings. The van der Waals surface area contributed by atoms with Gasteiger partial charge in [-0.25, -0.2) is 4.39 Å². The predicted octanol–water partition coefficient (Wildman–Crippen LogP) is 3.89. The molecule has 0 saturated carbocycles. The quantitative estimate of drug-likeness (QED) is 0.685. The van der Waals surface area contributed by atoms with Crippen LogP contribution in [-0.2, 0) is 0 Å². The molecule has 0 radical (unpaired) electrons. The van der Waals surface area contributed by atoms with E-state index in [9.17, 15) is 19.6 Å². The highest BCUT2D eigenvalue weighted by Gasteiger charge is 2.20. The summed E-state index contributed by atoms with van der Waals surface area (Å²) in [5.41, 5.74) is 0.619. The van der Waals surface area contributed by atoms with Gasteiger partial charge in [-0.3, -0.25) is 10.1 Å². The van der Waals surface area contributed by atoms with Gasteiger partial charge in [0.2, 0.25) is 5.75 Å². The Bertz CT molecular complexity index is 685. The van der Waals surface area contributed by atoms with Crippen LogP contribution in [0.2, 0.25) is 0 Å². The number of aliphatic hydroxyl groups excluding tert-OH is 1. The van der Waals surface area contributed by atoms with Crippen molar-refractivity contribution in [2.75, 3.05) is 0 Å². The topological polar surface area (TPSA) is 72.6 Å². The van der Waals surface area contributed by atoms with Crippen molar-refractivity contribution in [2.45, 2.75) is 20.0 Å². The molecule has 5 nitrogen and oxygen atoms in total. The van der Waals surface area contributed by atoms with Crippen LogP contribution in [0.5, 0.6) is 11.5 Å². The van der Waals surface area contributed by atoms with E-state index >= 15 is 0 Å². The largest absolute Gasteiger partial charge is 0.449 e. The second-order valence-electron chi connectivity index (χ2n) is 4.64. The fraction of sp³-hybridized carbons (Fsp3) is 0.200. The Balaban J connectivity index is 2.51. The van der Waals surface area contributed by atoms with E-state index in [1.54, 1.807) is 19.1 Å². The van der Waals surface area contributed by atoms with E-state index in [-0.39, 0.29) is 22.7 Å². The van der Waals surface area contributed by atoms with Gasteiger partial charge in [-0.2, -0.15) is 0 Å². The van der Waals surface area contributed by atoms with Gasteiger partial charge in [0, 0.05) is 11.6 Å². The van der Waals surface area contributed by atoms with E-state index in [1.807, 2.05) is 0 Å². The number of hydrogen-bond donors (Lipinski definition) is 1. The van der Waals surface area contributed by atoms with E-state index in [2.05, 4.69) is 0 Å². The van der Waals surface area contributed by atoms with Gasteiger partial charge < -0.3 is 9.84 Å². The lowest BCUT2D eigenvalue weighted by molar-refractivity contribution is -0.385. The summed E-state index contributed by atoms with van der Waals surface area (Å²) in [4.78, 5) is 10.5. The van der Waals surface area contributed by atoms with Crippen LogP contribution in [0.4, 0.5) is 10.1 Å². The first-order chi connectivity index (χ1) is 9.90. The molecule has 1 N–H and O–H groups in total. The van der Waals surface area contributed by atoms with Crippen molar-refractivity contribution in [1.82, 2.24) is 0 Å². The summed E-state index contributed by atoms with van der Waals surface area (Å²) in [6.07, 6.45) is -0.959. The van der Waals surface area contributed by atoms with Crippen molar-refractivity contribution in [3.63, 3.8) is 0 Å². The molecule has 0 aliphatic rings. The van der Waals surface area contributed by atoms with Crippen LogP contribution in [0.15, 0.2) is 36.4 Å². The third-order valence-corrected chi connectivity index (χ3v) is 3.02. The lowest BCUT2D eigenvalue weighted by Gasteiger charge is -2.14. The van der Waals surface area contributed by atoms with Gasteiger partial charge in [0.25, 0.3) is 0 Å². The number of benzene rings is 2. The molecule has 0 aliphatic heterocycles. The molecule has 0 bridgehead atoms. The normalized spacial score (nSPS) is 12.0. The fourth-order valence-corrected chi connectivity index (χ4v) is 1.96. The number of aryl methyl sites for hydroxylation is 1. The first kappa shape index (κ1) is 14.9. The van der Waals surface area contributed by atoms with Crippen LogP contribution in [0.3, 0.4) is 0 Å². The first-order valence-electron chi connectivity index (χ1n) is 6.29. The Morgan fingerprint density at radius 2 is 2.05 bits per heavy atom. The zero-order valence-electron chi connectivity index (χ0n) is 11.5. The highest BCUT2D eigenvalue weighted by atomic mass is 19.1. The van der Waals surface area contributed by atoms with E-state index in [1.165, 1.54) is 25.1 Å². The molecular formula is C15H14FNO4. The Labute approximate surface area is 120 Å². The van der Waals surface area contributed by atoms with E-state index in [4.69, 9.17) is 4.74 Å². The average molecular weight is 291 g/mol. The zero-order chi connectivity index (χ0) is 15.6. The second kappa shape index (κ2) is 5.88. The van der Waals surface area contributed by atoms with Crippen LogP contribution >= 0.6 is 0 Å². The molecule has 6 heteroatoms. The molecule has 110 valence electrons. The maximum Gasteiger partial charge on any atom is 0.311 e. The molecule has 0 heterocycles. The molecule has 2 rings (SSSR count). The molecule has 0 spiro atoms. The molecular weight excluding hydrogens is 277 g/mol. The minimum Gasteiger partial charge on any atom is -0.449 e. The molecule has 2 aromatic carbocycles. The number of para-hydroxylation sites is 1. The number of rotatable bonds is 4. The summed E-state index contributed by atoms with van der Waals surface area (Å²) < 4.78 is 18.8. The van der Waals surface area contributed by atoms with Gasteiger partial charge in [0.15, 0.2) is 0 Å². The lowest BCUT2D eigenvalue weighted by atomic mass is 10.1. The van der Waals surface area contributed by atoms with E-state index in [0.717, 1.165) is 6.07 Å². The highest BCUT2D eigenvalue weighted by Crippen LogP contribution is 2.37. The van der Waals surface area contributed by atoms with Crippen molar-refractivity contribution >= 4 is 5.69 Å². The third kappa shape index (κ3) is 3.17. The number of nitrogens with zero attached hydrogens (tertiary/aromatic N) is 1. The molecule has 1 unspecified atom stereocenters. The van der Waals surface area contributed by atoms with Gasteiger partial charge in [0.05, 0.1) is 11.0 Å². The van der Waals surface area contributed by atoms with Crippen LogP contribution in [0.1, 0.15) is 24.2 Å². The van der Waals surface area contributed by atoms with E-state index < -0.39 is 16.8 Å². The number of halogens is 1. The second-order valence-corrected chi connectivity index (χ2v) is 4.64. The van der Waals surface area contributed by atoms with Crippen LogP contribution < -0.4 is 4.74 Å². The summed E-state index contributed by atoms with van der Waals surface area (Å²) in [6, 6.07) is 8.21. The van der Waals surface area contributed by atoms with Crippen LogP contribution in [0, 0.1) is 22.9 Å². The van der Waals surface area contributed by atoms with Gasteiger partial charge in [-0.1, -0.05) is 12.1 Å². The number of hydrogen-bond acceptors (Lipinski definition) is 4. The fourth-order valence-electron chi connectivity index (χ4n) is 1.96. The number of aliphatic hydroxyl groups is 1. The average Bonchev–Trinajstić information content (AvgIpc) is 2.42. The van der Waals surface area contributed by atoms with Crippen molar-refractivity contribution in [3.05, 3.63) is 63.5 Å². The molecule has 0 aromatic heterocycles. The zero-order valence-corrected chi connectivity index (χ0v) is 11.5. The van der Waals surface area contributed by atoms with Gasteiger partial charge in [0.1, 0.15) is 11.6 Å². The van der Waals surface area contributed by atoms with Crippen molar-refractivity contribution < 1.29 is 19.2 Å². The summed E-state index contributed by atoms with van der Waals surface area (Å²) in [5, 5.41) is 20.7. The molecule has 1 atom stereocenters. The summed E-state index contributed by atoms with van der Waals surface area (Å²) in [7, 11) is 0. The number of nitro groups is 1. The van der Waals surface area contributed by atoms with Crippen molar-refractivity contribution in [2.24, 2.45) is 0 Å². The SMILES string of the molecule is Cc1cccc([N+](=O)[O-])c1Oc1ccc(F)cc1C(C)O. The maximum atomic E-state index is 13.3. The smallest absolute Gasteiger partial charge is 0.311 e. The van der Waals surface area contributed by atoms with Crippen molar-refractivity contribution in [1.29, 1.82) is 0 Å². The van der Waals surface area contributed by atoms with Gasteiger partial charge in [-0.05, 0) is 37.6 Å². The Hall–Kier alpha value is -2.47. The highest BCUT2D eigenvalue weighted by molar-refractivity contribution is 5.54. The standard InChI is InChI=1S/C15H14FNO4/c1-9-4-3-5-13(17(19)20)15(9)21-14-7-6-11(16)8-12(14)10(2)18/h3-8,10,18H,1-2H3. The molecule has 0 saturated heterocycles. The monoisotopic (exact) mass is 291 g/mol. The van der Waals surface area contributed by atoms with Crippen LogP contribution in [0.25, 0.3) is 0 Å². The van der Waals surface area contributed by atoms with Crippen molar-refractivity contribution in [3.8, 4) is 11.5 Å². The maximum absolute atomic E-state index is 13.3. The predicted molar refractivity (Wildman–Crippen MR) is 74.9 cm³/mol. The minimum absolute atomic E-state index is 0.0796. The molecule has 21 heavy (non-hydrogen) atoms. The molecule has 0 amide bonds. The Morgan fingerprint density at radius 1 is 1.33 bits per heavy atom. The third-order valence-electron chi connectivity index (χ3n) is 3.02. The summed E-state index contributed by atoms with van der Waals surface area (Å²) in [6.45, 7) is 3.14. The van der Waals surface area contributed by atoms with Crippen LogP contribution in [-0.4, -0.2) is 10.0 Å².